The van der Waals surface area contributed by atoms with Crippen LogP contribution in [0.15, 0.2) is 97.2 Å². The van der Waals surface area contributed by atoms with Gasteiger partial charge in [0.2, 0.25) is 0 Å². The minimum absolute atomic E-state index is 0.116. The summed E-state index contributed by atoms with van der Waals surface area (Å²) in [6.07, 6.45) is 54.2. The first-order chi connectivity index (χ1) is 26.5. The van der Waals surface area contributed by atoms with Crippen LogP contribution in [-0.4, -0.2) is 37.2 Å². The van der Waals surface area contributed by atoms with Crippen molar-refractivity contribution in [3.8, 4) is 0 Å². The molecule has 0 amide bonds. The Morgan fingerprint density at radius 2 is 0.759 bits per heavy atom. The zero-order chi connectivity index (χ0) is 39.4. The van der Waals surface area contributed by atoms with Gasteiger partial charge in [0.15, 0.2) is 6.10 Å². The molecule has 0 saturated carbocycles. The average molecular weight is 749 g/mol. The summed E-state index contributed by atoms with van der Waals surface area (Å²) in [5, 5.41) is 0. The zero-order valence-electron chi connectivity index (χ0n) is 34.4. The third kappa shape index (κ3) is 39.5. The van der Waals surface area contributed by atoms with Crippen LogP contribution in [0.4, 0.5) is 0 Å². The van der Waals surface area contributed by atoms with Gasteiger partial charge in [-0.25, -0.2) is 0 Å². The predicted octanol–water partition coefficient (Wildman–Crippen LogP) is 13.5. The third-order valence-corrected chi connectivity index (χ3v) is 8.35. The second-order valence-electron chi connectivity index (χ2n) is 13.5. The van der Waals surface area contributed by atoms with Gasteiger partial charge in [0, 0.05) is 19.3 Å². The van der Waals surface area contributed by atoms with Crippen LogP contribution in [0.1, 0.15) is 168 Å². The van der Waals surface area contributed by atoms with E-state index in [-0.39, 0.29) is 31.6 Å². The molecule has 0 saturated heterocycles. The second-order valence-corrected chi connectivity index (χ2v) is 13.5. The summed E-state index contributed by atoms with van der Waals surface area (Å²) in [5.74, 6) is -1.05. The van der Waals surface area contributed by atoms with Crippen molar-refractivity contribution in [1.82, 2.24) is 0 Å². The fourth-order valence-electron chi connectivity index (χ4n) is 5.21. The van der Waals surface area contributed by atoms with E-state index < -0.39 is 12.1 Å². The van der Waals surface area contributed by atoms with E-state index in [0.29, 0.717) is 19.3 Å². The molecule has 1 unspecified atom stereocenters. The molecule has 0 spiro atoms. The molecule has 0 radical (unpaired) electrons. The van der Waals surface area contributed by atoms with E-state index in [1.165, 1.54) is 19.3 Å². The van der Waals surface area contributed by atoms with Gasteiger partial charge in [-0.15, -0.1) is 0 Å². The van der Waals surface area contributed by atoms with Crippen molar-refractivity contribution in [2.24, 2.45) is 0 Å². The third-order valence-electron chi connectivity index (χ3n) is 8.35. The van der Waals surface area contributed by atoms with Crippen LogP contribution in [0.3, 0.4) is 0 Å². The van der Waals surface area contributed by atoms with Gasteiger partial charge < -0.3 is 14.2 Å². The Balaban J connectivity index is 4.45. The molecule has 0 N–H and O–H groups in total. The molecule has 0 fully saturated rings. The first-order valence-electron chi connectivity index (χ1n) is 21.2. The molecule has 0 aliphatic rings. The number of carbonyl (C=O) groups excluding carboxylic acids is 3. The summed E-state index contributed by atoms with van der Waals surface area (Å²) >= 11 is 0. The Kier molecular flexibility index (Phi) is 39.2. The number of hydrogen-bond acceptors (Lipinski definition) is 6. The zero-order valence-corrected chi connectivity index (χ0v) is 34.4. The molecule has 0 aliphatic heterocycles. The van der Waals surface area contributed by atoms with Crippen molar-refractivity contribution in [1.29, 1.82) is 0 Å². The van der Waals surface area contributed by atoms with Crippen LogP contribution >= 0.6 is 0 Å². The Morgan fingerprint density at radius 1 is 0.389 bits per heavy atom. The summed E-state index contributed by atoms with van der Waals surface area (Å²) in [4.78, 5) is 37.4. The van der Waals surface area contributed by atoms with Crippen LogP contribution in [0, 0.1) is 0 Å². The molecule has 6 heteroatoms. The van der Waals surface area contributed by atoms with Gasteiger partial charge in [-0.2, -0.15) is 0 Å². The van der Waals surface area contributed by atoms with Gasteiger partial charge in [0.1, 0.15) is 13.2 Å². The van der Waals surface area contributed by atoms with E-state index in [2.05, 4.69) is 106 Å². The van der Waals surface area contributed by atoms with Crippen molar-refractivity contribution >= 4 is 17.9 Å². The number of ether oxygens (including phenoxy) is 3. The number of allylic oxidation sites excluding steroid dienone is 16. The van der Waals surface area contributed by atoms with Gasteiger partial charge in [0.05, 0.1) is 0 Å². The van der Waals surface area contributed by atoms with Gasteiger partial charge in [-0.05, 0) is 83.5 Å². The standard InChI is InChI=1S/C48H76O6/c1-4-7-10-13-16-18-20-22-23-24-25-27-28-30-32-35-38-41-47(50)53-44-45(43-52-46(49)40-37-34-15-12-9-6-3)54-48(51)42-39-36-33-31-29-26-21-19-17-14-11-8-5-2/h7-8,10-11,16-19,22-23,25-27,29,33,36,45H,4-6,9,12-15,20-21,24,28,30-32,34-35,37-44H2,1-3H3/b10-7-,11-8-,18-16-,19-17-,23-22-,27-25-,29-26-,36-33-. The minimum Gasteiger partial charge on any atom is -0.462 e. The largest absolute Gasteiger partial charge is 0.462 e. The molecule has 0 aliphatic carbocycles. The maximum Gasteiger partial charge on any atom is 0.306 e. The molecule has 0 heterocycles. The number of carbonyl (C=O) groups is 3. The summed E-state index contributed by atoms with van der Waals surface area (Å²) in [5.41, 5.74) is 0. The fourth-order valence-corrected chi connectivity index (χ4v) is 5.21. The Morgan fingerprint density at radius 3 is 1.20 bits per heavy atom. The van der Waals surface area contributed by atoms with Gasteiger partial charge in [0.25, 0.3) is 0 Å². The highest BCUT2D eigenvalue weighted by molar-refractivity contribution is 5.71. The quantitative estimate of drug-likeness (QED) is 0.0275. The SMILES string of the molecule is CC/C=C\C/C=C\C/C=C\C/C=C\CCCCCCC(=O)OCC(COC(=O)CCCCCCCC)OC(=O)CC/C=C\C/C=C\C/C=C\C/C=C\CC. The Hall–Kier alpha value is -3.67. The molecule has 0 aromatic carbocycles. The fraction of sp³-hybridized carbons (Fsp3) is 0.604. The van der Waals surface area contributed by atoms with E-state index >= 15 is 0 Å². The van der Waals surface area contributed by atoms with Crippen molar-refractivity contribution in [3.05, 3.63) is 97.2 Å². The van der Waals surface area contributed by atoms with E-state index in [0.717, 1.165) is 103 Å². The van der Waals surface area contributed by atoms with Crippen LogP contribution < -0.4 is 0 Å². The van der Waals surface area contributed by atoms with Gasteiger partial charge in [-0.1, -0.05) is 163 Å². The number of rotatable bonds is 36. The predicted molar refractivity (Wildman–Crippen MR) is 228 cm³/mol. The van der Waals surface area contributed by atoms with Crippen molar-refractivity contribution < 1.29 is 28.6 Å². The lowest BCUT2D eigenvalue weighted by atomic mass is 10.1. The maximum absolute atomic E-state index is 12.6. The second kappa shape index (κ2) is 42.1. The van der Waals surface area contributed by atoms with E-state index in [4.69, 9.17) is 14.2 Å². The number of esters is 3. The van der Waals surface area contributed by atoms with Crippen LogP contribution in [-0.2, 0) is 28.6 Å². The van der Waals surface area contributed by atoms with E-state index in [9.17, 15) is 14.4 Å². The van der Waals surface area contributed by atoms with Gasteiger partial charge in [-0.3, -0.25) is 14.4 Å². The molecule has 6 nitrogen and oxygen atoms in total. The highest BCUT2D eigenvalue weighted by atomic mass is 16.6. The van der Waals surface area contributed by atoms with Crippen molar-refractivity contribution in [3.63, 3.8) is 0 Å². The lowest BCUT2D eigenvalue weighted by molar-refractivity contribution is -0.166. The van der Waals surface area contributed by atoms with Crippen LogP contribution in [0.25, 0.3) is 0 Å². The molecular formula is C48H76O6. The van der Waals surface area contributed by atoms with E-state index in [1.807, 2.05) is 12.2 Å². The Labute approximate surface area is 330 Å². The van der Waals surface area contributed by atoms with Crippen LogP contribution in [0.5, 0.6) is 0 Å². The normalized spacial score (nSPS) is 13.0. The summed E-state index contributed by atoms with van der Waals surface area (Å²) in [6, 6.07) is 0. The lowest BCUT2D eigenvalue weighted by Gasteiger charge is -2.18. The first-order valence-corrected chi connectivity index (χ1v) is 21.2. The number of unbranched alkanes of at least 4 members (excludes halogenated alkanes) is 9. The van der Waals surface area contributed by atoms with Gasteiger partial charge >= 0.3 is 17.9 Å². The highest BCUT2D eigenvalue weighted by Gasteiger charge is 2.19. The van der Waals surface area contributed by atoms with Crippen molar-refractivity contribution in [2.45, 2.75) is 175 Å². The molecule has 1 atom stereocenters. The minimum atomic E-state index is -0.821. The monoisotopic (exact) mass is 749 g/mol. The molecule has 0 aromatic rings. The summed E-state index contributed by atoms with van der Waals surface area (Å²) in [7, 11) is 0. The molecular weight excluding hydrogens is 673 g/mol. The average Bonchev–Trinajstić information content (AvgIpc) is 3.17. The van der Waals surface area contributed by atoms with Crippen LogP contribution in [0.2, 0.25) is 0 Å². The summed E-state index contributed by atoms with van der Waals surface area (Å²) < 4.78 is 16.5. The lowest BCUT2D eigenvalue weighted by Crippen LogP contribution is -2.30. The van der Waals surface area contributed by atoms with E-state index in [1.54, 1.807) is 0 Å². The topological polar surface area (TPSA) is 78.9 Å². The molecule has 0 bridgehead atoms. The molecule has 304 valence electrons. The Bertz CT molecular complexity index is 1140. The molecule has 0 aromatic heterocycles. The summed E-state index contributed by atoms with van der Waals surface area (Å²) in [6.45, 7) is 6.22. The smallest absolute Gasteiger partial charge is 0.306 e. The molecule has 0 rings (SSSR count). The molecule has 54 heavy (non-hydrogen) atoms. The maximum atomic E-state index is 12.6. The number of hydrogen-bond donors (Lipinski definition) is 0. The highest BCUT2D eigenvalue weighted by Crippen LogP contribution is 2.10. The first kappa shape index (κ1) is 50.3. The van der Waals surface area contributed by atoms with Crippen molar-refractivity contribution in [2.75, 3.05) is 13.2 Å².